The lowest BCUT2D eigenvalue weighted by Gasteiger charge is -2.32. The van der Waals surface area contributed by atoms with Crippen molar-refractivity contribution in [3.8, 4) is 0 Å². The van der Waals surface area contributed by atoms with Crippen molar-refractivity contribution >= 4 is 0 Å². The minimum absolute atomic E-state index is 0.166. The molecule has 76 valence electrons. The van der Waals surface area contributed by atoms with E-state index < -0.39 is 0 Å². The molecule has 2 unspecified atom stereocenters. The van der Waals surface area contributed by atoms with Gasteiger partial charge in [-0.3, -0.25) is 0 Å². The Morgan fingerprint density at radius 2 is 2.21 bits per heavy atom. The molecule has 2 bridgehead atoms. The average Bonchev–Trinajstić information content (AvgIpc) is 2.73. The van der Waals surface area contributed by atoms with Crippen molar-refractivity contribution in [2.24, 2.45) is 0 Å². The SMILES string of the molecule is Cc1nnn(C23CCCN(CC2)C3)n1. The molecular weight excluding hydrogens is 178 g/mol. The highest BCUT2D eigenvalue weighted by Crippen LogP contribution is 2.36. The lowest BCUT2D eigenvalue weighted by Crippen LogP contribution is -2.42. The molecule has 2 aliphatic heterocycles. The fourth-order valence-corrected chi connectivity index (χ4v) is 2.72. The zero-order chi connectivity index (χ0) is 9.60. The predicted molar refractivity (Wildman–Crippen MR) is 50.8 cm³/mol. The zero-order valence-electron chi connectivity index (χ0n) is 8.48. The summed E-state index contributed by atoms with van der Waals surface area (Å²) in [5, 5.41) is 12.5. The molecule has 5 nitrogen and oxygen atoms in total. The van der Waals surface area contributed by atoms with Gasteiger partial charge in [0.15, 0.2) is 5.82 Å². The molecular formula is C9H15N5. The zero-order valence-corrected chi connectivity index (χ0v) is 8.48. The third kappa shape index (κ3) is 1.08. The van der Waals surface area contributed by atoms with E-state index in [9.17, 15) is 0 Å². The topological polar surface area (TPSA) is 46.8 Å². The van der Waals surface area contributed by atoms with E-state index in [-0.39, 0.29) is 5.54 Å². The van der Waals surface area contributed by atoms with Crippen LogP contribution in [0.25, 0.3) is 0 Å². The summed E-state index contributed by atoms with van der Waals surface area (Å²) >= 11 is 0. The number of hydrogen-bond acceptors (Lipinski definition) is 4. The Kier molecular flexibility index (Phi) is 1.65. The molecule has 0 amide bonds. The first-order valence-electron chi connectivity index (χ1n) is 5.28. The molecule has 2 saturated heterocycles. The van der Waals surface area contributed by atoms with E-state index in [1.165, 1.54) is 32.4 Å². The number of nitrogens with zero attached hydrogens (tertiary/aromatic N) is 5. The molecule has 1 aromatic heterocycles. The number of fused-ring (bicyclic) bond motifs is 2. The van der Waals surface area contributed by atoms with Crippen molar-refractivity contribution in [2.75, 3.05) is 19.6 Å². The highest BCUT2D eigenvalue weighted by molar-refractivity contribution is 4.96. The summed E-state index contributed by atoms with van der Waals surface area (Å²) in [6.07, 6.45) is 3.66. The maximum atomic E-state index is 4.37. The summed E-state index contributed by atoms with van der Waals surface area (Å²) in [5.41, 5.74) is 0.166. The van der Waals surface area contributed by atoms with Crippen molar-refractivity contribution in [3.05, 3.63) is 5.82 Å². The standard InChI is InChI=1S/C9H15N5/c1-8-10-12-14(11-8)9-3-2-5-13(7-9)6-4-9/h2-7H2,1H3. The van der Waals surface area contributed by atoms with Gasteiger partial charge in [-0.05, 0) is 37.9 Å². The number of hydrogen-bond donors (Lipinski definition) is 0. The van der Waals surface area contributed by atoms with Crippen molar-refractivity contribution in [1.82, 2.24) is 25.1 Å². The van der Waals surface area contributed by atoms with Gasteiger partial charge in [-0.15, -0.1) is 10.2 Å². The van der Waals surface area contributed by atoms with Gasteiger partial charge >= 0.3 is 0 Å². The predicted octanol–water partition coefficient (Wildman–Crippen LogP) is 0.176. The second kappa shape index (κ2) is 2.76. The second-order valence-electron chi connectivity index (χ2n) is 4.48. The minimum atomic E-state index is 0.166. The van der Waals surface area contributed by atoms with E-state index in [1.54, 1.807) is 0 Å². The van der Waals surface area contributed by atoms with E-state index >= 15 is 0 Å². The normalized spacial score (nSPS) is 36.2. The summed E-state index contributed by atoms with van der Waals surface area (Å²) in [6.45, 7) is 5.45. The molecule has 0 radical (unpaired) electrons. The molecule has 0 N–H and O–H groups in total. The fourth-order valence-electron chi connectivity index (χ4n) is 2.72. The first-order chi connectivity index (χ1) is 6.78. The van der Waals surface area contributed by atoms with Gasteiger partial charge in [0, 0.05) is 13.1 Å². The Hall–Kier alpha value is -0.970. The van der Waals surface area contributed by atoms with Crippen LogP contribution in [0.2, 0.25) is 0 Å². The van der Waals surface area contributed by atoms with E-state index in [4.69, 9.17) is 0 Å². The van der Waals surface area contributed by atoms with Crippen molar-refractivity contribution in [2.45, 2.75) is 31.7 Å². The van der Waals surface area contributed by atoms with E-state index in [1.807, 2.05) is 11.7 Å². The van der Waals surface area contributed by atoms with Gasteiger partial charge in [0.2, 0.25) is 0 Å². The van der Waals surface area contributed by atoms with Crippen LogP contribution in [0.15, 0.2) is 0 Å². The average molecular weight is 193 g/mol. The molecule has 3 heterocycles. The number of rotatable bonds is 1. The lowest BCUT2D eigenvalue weighted by atomic mass is 9.91. The van der Waals surface area contributed by atoms with Crippen molar-refractivity contribution in [3.63, 3.8) is 0 Å². The summed E-state index contributed by atoms with van der Waals surface area (Å²) in [5.74, 6) is 0.781. The van der Waals surface area contributed by atoms with Crippen LogP contribution < -0.4 is 0 Å². The van der Waals surface area contributed by atoms with Crippen LogP contribution in [0.5, 0.6) is 0 Å². The Balaban J connectivity index is 1.96. The van der Waals surface area contributed by atoms with Gasteiger partial charge in [-0.2, -0.15) is 4.80 Å². The van der Waals surface area contributed by atoms with E-state index in [0.717, 1.165) is 12.4 Å². The Bertz CT molecular complexity index is 343. The summed E-state index contributed by atoms with van der Waals surface area (Å²) < 4.78 is 0. The first-order valence-corrected chi connectivity index (χ1v) is 5.28. The highest BCUT2D eigenvalue weighted by atomic mass is 15.6. The molecule has 2 aliphatic rings. The Labute approximate surface area is 83.1 Å². The molecule has 1 aromatic rings. The number of piperidine rings is 1. The maximum absolute atomic E-state index is 4.37. The largest absolute Gasteiger partial charge is 0.301 e. The number of aryl methyl sites for hydroxylation is 1. The number of aromatic nitrogens is 4. The van der Waals surface area contributed by atoms with E-state index in [2.05, 4.69) is 20.3 Å². The molecule has 2 fully saturated rings. The monoisotopic (exact) mass is 193 g/mol. The molecule has 5 heteroatoms. The van der Waals surface area contributed by atoms with Gasteiger partial charge in [-0.1, -0.05) is 0 Å². The van der Waals surface area contributed by atoms with E-state index in [0.29, 0.717) is 0 Å². The Morgan fingerprint density at radius 1 is 1.29 bits per heavy atom. The van der Waals surface area contributed by atoms with Crippen LogP contribution in [0.1, 0.15) is 25.1 Å². The van der Waals surface area contributed by atoms with Gasteiger partial charge in [0.1, 0.15) is 0 Å². The molecule has 0 spiro atoms. The minimum Gasteiger partial charge on any atom is -0.301 e. The van der Waals surface area contributed by atoms with Crippen LogP contribution >= 0.6 is 0 Å². The third-order valence-electron chi connectivity index (χ3n) is 3.47. The molecule has 2 atom stereocenters. The lowest BCUT2D eigenvalue weighted by molar-refractivity contribution is 0.152. The third-order valence-corrected chi connectivity index (χ3v) is 3.47. The summed E-state index contributed by atoms with van der Waals surface area (Å²) in [6, 6.07) is 0. The van der Waals surface area contributed by atoms with Gasteiger partial charge < -0.3 is 4.90 Å². The quantitative estimate of drug-likeness (QED) is 0.638. The van der Waals surface area contributed by atoms with Crippen LogP contribution in [0.3, 0.4) is 0 Å². The summed E-state index contributed by atoms with van der Waals surface area (Å²) in [4.78, 5) is 4.36. The molecule has 3 rings (SSSR count). The van der Waals surface area contributed by atoms with Crippen LogP contribution in [0.4, 0.5) is 0 Å². The van der Waals surface area contributed by atoms with Gasteiger partial charge in [0.05, 0.1) is 5.54 Å². The first kappa shape index (κ1) is 8.35. The highest BCUT2D eigenvalue weighted by Gasteiger charge is 2.44. The Morgan fingerprint density at radius 3 is 3.00 bits per heavy atom. The smallest absolute Gasteiger partial charge is 0.171 e. The second-order valence-corrected chi connectivity index (χ2v) is 4.48. The van der Waals surface area contributed by atoms with Crippen LogP contribution in [-0.4, -0.2) is 44.7 Å². The number of tetrazole rings is 1. The maximum Gasteiger partial charge on any atom is 0.171 e. The van der Waals surface area contributed by atoms with Crippen LogP contribution in [-0.2, 0) is 5.54 Å². The van der Waals surface area contributed by atoms with Crippen LogP contribution in [0, 0.1) is 6.92 Å². The van der Waals surface area contributed by atoms with Gasteiger partial charge in [0.25, 0.3) is 0 Å². The van der Waals surface area contributed by atoms with Crippen molar-refractivity contribution in [1.29, 1.82) is 0 Å². The molecule has 14 heavy (non-hydrogen) atoms. The molecule has 0 aliphatic carbocycles. The fraction of sp³-hybridized carbons (Fsp3) is 0.889. The molecule has 0 saturated carbocycles. The molecule has 0 aromatic carbocycles. The van der Waals surface area contributed by atoms with Crippen molar-refractivity contribution < 1.29 is 0 Å². The summed E-state index contributed by atoms with van der Waals surface area (Å²) in [7, 11) is 0. The van der Waals surface area contributed by atoms with Gasteiger partial charge in [-0.25, -0.2) is 0 Å².